The van der Waals surface area contributed by atoms with Crippen LogP contribution in [-0.4, -0.2) is 43.8 Å². The smallest absolute Gasteiger partial charge is 0.137 e. The molecule has 1 aliphatic carbocycles. The van der Waals surface area contributed by atoms with Crippen LogP contribution in [0.5, 0.6) is 0 Å². The zero-order valence-electron chi connectivity index (χ0n) is 17.7. The molecule has 4 aromatic rings. The monoisotopic (exact) mass is 410 g/mol. The zero-order valence-corrected chi connectivity index (χ0v) is 17.7. The fourth-order valence-corrected chi connectivity index (χ4v) is 5.21. The van der Waals surface area contributed by atoms with Gasteiger partial charge in [-0.3, -0.25) is 4.90 Å². The molecule has 6 nitrogen and oxygen atoms in total. The summed E-state index contributed by atoms with van der Waals surface area (Å²) in [7, 11) is 0. The Morgan fingerprint density at radius 3 is 2.68 bits per heavy atom. The Morgan fingerprint density at radius 1 is 1.03 bits per heavy atom. The van der Waals surface area contributed by atoms with Crippen molar-refractivity contribution in [3.63, 3.8) is 0 Å². The minimum absolute atomic E-state index is 0.480. The van der Waals surface area contributed by atoms with Gasteiger partial charge in [0.15, 0.2) is 0 Å². The first-order valence-corrected chi connectivity index (χ1v) is 11.0. The van der Waals surface area contributed by atoms with Gasteiger partial charge in [0.25, 0.3) is 0 Å². The van der Waals surface area contributed by atoms with Gasteiger partial charge in [0.05, 0.1) is 17.4 Å². The van der Waals surface area contributed by atoms with Crippen molar-refractivity contribution in [2.75, 3.05) is 18.4 Å². The molecular weight excluding hydrogens is 384 g/mol. The van der Waals surface area contributed by atoms with E-state index in [2.05, 4.69) is 68.7 Å². The van der Waals surface area contributed by atoms with E-state index in [1.165, 1.54) is 37.1 Å². The second-order valence-electron chi connectivity index (χ2n) is 9.26. The topological polar surface area (TPSA) is 58.9 Å². The highest BCUT2D eigenvalue weighted by molar-refractivity contribution is 5.88. The summed E-state index contributed by atoms with van der Waals surface area (Å²) in [6.07, 6.45) is 8.23. The molecule has 0 amide bonds. The molecule has 1 N–H and O–H groups in total. The van der Waals surface area contributed by atoms with Crippen molar-refractivity contribution >= 4 is 16.7 Å². The molecule has 0 bridgehead atoms. The number of benzene rings is 2. The number of rotatable bonds is 5. The van der Waals surface area contributed by atoms with Crippen molar-refractivity contribution < 1.29 is 0 Å². The first-order chi connectivity index (χ1) is 15.2. The third-order valence-electron chi connectivity index (χ3n) is 6.70. The summed E-state index contributed by atoms with van der Waals surface area (Å²) < 4.78 is 1.97. The SMILES string of the molecule is Cc1ccc(-n2cc(CN3CC4(CC(Nc5ncnc6ccccc56)C4)C3)cn2)cc1. The van der Waals surface area contributed by atoms with Gasteiger partial charge < -0.3 is 5.32 Å². The number of nitrogens with zero attached hydrogens (tertiary/aromatic N) is 5. The number of aryl methyl sites for hydroxylation is 1. The minimum Gasteiger partial charge on any atom is -0.367 e. The zero-order chi connectivity index (χ0) is 20.8. The summed E-state index contributed by atoms with van der Waals surface area (Å²) in [6.45, 7) is 5.42. The Labute approximate surface area is 181 Å². The quantitative estimate of drug-likeness (QED) is 0.534. The maximum absolute atomic E-state index is 4.55. The van der Waals surface area contributed by atoms with E-state index in [0.29, 0.717) is 11.5 Å². The van der Waals surface area contributed by atoms with Gasteiger partial charge in [-0.05, 0) is 49.4 Å². The molecule has 0 unspecified atom stereocenters. The van der Waals surface area contributed by atoms with Crippen molar-refractivity contribution in [1.82, 2.24) is 24.6 Å². The number of nitrogens with one attached hydrogen (secondary N) is 1. The van der Waals surface area contributed by atoms with E-state index in [9.17, 15) is 0 Å². The molecule has 3 heterocycles. The van der Waals surface area contributed by atoms with Crippen LogP contribution in [0.25, 0.3) is 16.6 Å². The lowest BCUT2D eigenvalue weighted by atomic mass is 9.60. The van der Waals surface area contributed by atoms with Crippen molar-refractivity contribution in [3.05, 3.63) is 78.4 Å². The molecular formula is C25H26N6. The van der Waals surface area contributed by atoms with Crippen LogP contribution in [0.1, 0.15) is 24.0 Å². The molecule has 2 aromatic carbocycles. The molecule has 6 rings (SSSR count). The summed E-state index contributed by atoms with van der Waals surface area (Å²) in [6, 6.07) is 17.2. The lowest BCUT2D eigenvalue weighted by Gasteiger charge is -2.59. The van der Waals surface area contributed by atoms with Crippen LogP contribution in [-0.2, 0) is 6.54 Å². The lowest BCUT2D eigenvalue weighted by molar-refractivity contribution is -0.0712. The number of likely N-dealkylation sites (tertiary alicyclic amines) is 1. The fraction of sp³-hybridized carbons (Fsp3) is 0.320. The fourth-order valence-electron chi connectivity index (χ4n) is 5.21. The third-order valence-corrected chi connectivity index (χ3v) is 6.70. The van der Waals surface area contributed by atoms with E-state index < -0.39 is 0 Å². The number of fused-ring (bicyclic) bond motifs is 1. The minimum atomic E-state index is 0.480. The first kappa shape index (κ1) is 18.5. The average molecular weight is 411 g/mol. The molecule has 0 atom stereocenters. The van der Waals surface area contributed by atoms with Crippen LogP contribution in [0.2, 0.25) is 0 Å². The highest BCUT2D eigenvalue weighted by Crippen LogP contribution is 2.49. The second kappa shape index (κ2) is 7.17. The molecule has 1 saturated heterocycles. The maximum Gasteiger partial charge on any atom is 0.137 e. The van der Waals surface area contributed by atoms with Crippen molar-refractivity contribution in [3.8, 4) is 5.69 Å². The number of anilines is 1. The van der Waals surface area contributed by atoms with E-state index in [4.69, 9.17) is 0 Å². The van der Waals surface area contributed by atoms with Crippen LogP contribution < -0.4 is 5.32 Å². The highest BCUT2D eigenvalue weighted by atomic mass is 15.3. The van der Waals surface area contributed by atoms with E-state index in [-0.39, 0.29) is 0 Å². The molecule has 1 spiro atoms. The Kier molecular flexibility index (Phi) is 4.28. The summed E-state index contributed by atoms with van der Waals surface area (Å²) >= 11 is 0. The Bertz CT molecular complexity index is 1210. The number of hydrogen-bond donors (Lipinski definition) is 1. The molecule has 2 fully saturated rings. The molecule has 1 saturated carbocycles. The number of hydrogen-bond acceptors (Lipinski definition) is 5. The molecule has 6 heteroatoms. The molecule has 1 aliphatic heterocycles. The third kappa shape index (κ3) is 3.47. The highest BCUT2D eigenvalue weighted by Gasteiger charge is 2.52. The lowest BCUT2D eigenvalue weighted by Crippen LogP contribution is -2.64. The van der Waals surface area contributed by atoms with Gasteiger partial charge in [0, 0.05) is 42.8 Å². The van der Waals surface area contributed by atoms with E-state index in [1.807, 2.05) is 29.1 Å². The average Bonchev–Trinajstić information content (AvgIpc) is 3.20. The molecule has 2 aliphatic rings. The normalized spacial score (nSPS) is 18.1. The van der Waals surface area contributed by atoms with Gasteiger partial charge in [0.1, 0.15) is 12.1 Å². The Balaban J connectivity index is 1.03. The summed E-state index contributed by atoms with van der Waals surface area (Å²) in [5, 5.41) is 9.30. The van der Waals surface area contributed by atoms with Crippen molar-refractivity contribution in [1.29, 1.82) is 0 Å². The van der Waals surface area contributed by atoms with E-state index in [0.717, 1.165) is 29.0 Å². The standard InChI is InChI=1S/C25H26N6/c1-18-6-8-21(9-7-18)31-14-19(12-28-31)13-30-15-25(16-30)10-20(11-25)29-24-22-4-2-3-5-23(22)26-17-27-24/h2-9,12,14,17,20H,10-11,13,15-16H2,1H3,(H,26,27,29). The van der Waals surface area contributed by atoms with E-state index in [1.54, 1.807) is 6.33 Å². The molecule has 156 valence electrons. The van der Waals surface area contributed by atoms with Crippen LogP contribution in [0.15, 0.2) is 67.3 Å². The Morgan fingerprint density at radius 2 is 1.84 bits per heavy atom. The van der Waals surface area contributed by atoms with Crippen LogP contribution in [0.3, 0.4) is 0 Å². The summed E-state index contributed by atoms with van der Waals surface area (Å²) in [5.74, 6) is 0.963. The maximum atomic E-state index is 4.55. The van der Waals surface area contributed by atoms with Crippen LogP contribution >= 0.6 is 0 Å². The molecule has 2 aromatic heterocycles. The summed E-state index contributed by atoms with van der Waals surface area (Å²) in [4.78, 5) is 11.4. The van der Waals surface area contributed by atoms with Crippen molar-refractivity contribution in [2.24, 2.45) is 5.41 Å². The molecule has 0 radical (unpaired) electrons. The number of aromatic nitrogens is 4. The largest absolute Gasteiger partial charge is 0.367 e. The summed E-state index contributed by atoms with van der Waals surface area (Å²) in [5.41, 5.74) is 5.13. The van der Waals surface area contributed by atoms with Gasteiger partial charge in [0.2, 0.25) is 0 Å². The first-order valence-electron chi connectivity index (χ1n) is 11.0. The van der Waals surface area contributed by atoms with Crippen molar-refractivity contribution in [2.45, 2.75) is 32.4 Å². The van der Waals surface area contributed by atoms with Crippen LogP contribution in [0, 0.1) is 12.3 Å². The second-order valence-corrected chi connectivity index (χ2v) is 9.26. The van der Waals surface area contributed by atoms with Crippen LogP contribution in [0.4, 0.5) is 5.82 Å². The number of para-hydroxylation sites is 1. The van der Waals surface area contributed by atoms with Gasteiger partial charge in [-0.1, -0.05) is 29.8 Å². The van der Waals surface area contributed by atoms with Gasteiger partial charge in [-0.2, -0.15) is 5.10 Å². The van der Waals surface area contributed by atoms with Gasteiger partial charge in [-0.15, -0.1) is 0 Å². The predicted octanol–water partition coefficient (Wildman–Crippen LogP) is 4.20. The van der Waals surface area contributed by atoms with Gasteiger partial charge in [-0.25, -0.2) is 14.6 Å². The predicted molar refractivity (Wildman–Crippen MR) is 122 cm³/mol. The Hall–Kier alpha value is -3.25. The van der Waals surface area contributed by atoms with Gasteiger partial charge >= 0.3 is 0 Å². The van der Waals surface area contributed by atoms with E-state index >= 15 is 0 Å². The molecule has 31 heavy (non-hydrogen) atoms.